The van der Waals surface area contributed by atoms with Crippen LogP contribution in [0.4, 0.5) is 5.69 Å². The Morgan fingerprint density at radius 2 is 1.65 bits per heavy atom. The smallest absolute Gasteiger partial charge is 0.338 e. The molecule has 1 aliphatic carbocycles. The fourth-order valence-electron chi connectivity index (χ4n) is 4.16. The number of fused-ring (bicyclic) bond motifs is 1. The van der Waals surface area contributed by atoms with Crippen LogP contribution in [-0.2, 0) is 14.3 Å². The Labute approximate surface area is 180 Å². The van der Waals surface area contributed by atoms with Crippen LogP contribution in [0.1, 0.15) is 44.7 Å². The lowest BCUT2D eigenvalue weighted by Gasteiger charge is -2.15. The third kappa shape index (κ3) is 3.93. The number of benzene rings is 2. The Bertz CT molecular complexity index is 1090. The number of Topliss-reactive ketones (excluding diaryl/α,β-unsaturated/α-hetero) is 1. The van der Waals surface area contributed by atoms with Gasteiger partial charge < -0.3 is 4.74 Å². The summed E-state index contributed by atoms with van der Waals surface area (Å²) >= 11 is 0. The first-order valence-electron chi connectivity index (χ1n) is 10.3. The second kappa shape index (κ2) is 8.30. The van der Waals surface area contributed by atoms with E-state index >= 15 is 0 Å². The zero-order chi connectivity index (χ0) is 22.1. The number of ether oxygens (including phenoxy) is 1. The second-order valence-electron chi connectivity index (χ2n) is 8.04. The van der Waals surface area contributed by atoms with E-state index in [0.717, 1.165) is 11.1 Å². The van der Waals surface area contributed by atoms with Gasteiger partial charge in [0.05, 0.1) is 23.1 Å². The van der Waals surface area contributed by atoms with Gasteiger partial charge in [-0.25, -0.2) is 4.79 Å². The molecule has 1 heterocycles. The van der Waals surface area contributed by atoms with E-state index in [1.807, 2.05) is 38.1 Å². The second-order valence-corrected chi connectivity index (χ2v) is 8.04. The van der Waals surface area contributed by atoms with Gasteiger partial charge in [-0.05, 0) is 56.5 Å². The van der Waals surface area contributed by atoms with Crippen LogP contribution in [-0.4, -0.2) is 30.2 Å². The largest absolute Gasteiger partial charge is 0.454 e. The lowest BCUT2D eigenvalue weighted by atomic mass is 9.85. The predicted octanol–water partition coefficient (Wildman–Crippen LogP) is 3.80. The Kier molecular flexibility index (Phi) is 5.55. The molecular formula is C25H23NO5. The van der Waals surface area contributed by atoms with Crippen LogP contribution in [0, 0.1) is 25.7 Å². The van der Waals surface area contributed by atoms with E-state index in [1.165, 1.54) is 17.0 Å². The van der Waals surface area contributed by atoms with Gasteiger partial charge in [0, 0.05) is 5.56 Å². The van der Waals surface area contributed by atoms with Crippen LogP contribution in [0.15, 0.2) is 54.6 Å². The Morgan fingerprint density at radius 1 is 0.968 bits per heavy atom. The number of amides is 2. The van der Waals surface area contributed by atoms with Crippen molar-refractivity contribution in [2.45, 2.75) is 26.7 Å². The highest BCUT2D eigenvalue weighted by molar-refractivity contribution is 6.22. The molecule has 31 heavy (non-hydrogen) atoms. The molecule has 0 unspecified atom stereocenters. The molecule has 2 aromatic carbocycles. The molecule has 0 aromatic heterocycles. The molecule has 1 saturated heterocycles. The summed E-state index contributed by atoms with van der Waals surface area (Å²) in [5, 5.41) is 0. The Hall–Kier alpha value is -3.54. The third-order valence-corrected chi connectivity index (χ3v) is 5.88. The Balaban J connectivity index is 1.48. The van der Waals surface area contributed by atoms with Crippen LogP contribution in [0.3, 0.4) is 0 Å². The van der Waals surface area contributed by atoms with Crippen molar-refractivity contribution >= 4 is 29.3 Å². The summed E-state index contributed by atoms with van der Waals surface area (Å²) in [6.45, 7) is 3.33. The molecule has 2 amide bonds. The van der Waals surface area contributed by atoms with Crippen LogP contribution in [0.2, 0.25) is 0 Å². The van der Waals surface area contributed by atoms with E-state index in [2.05, 4.69) is 0 Å². The summed E-state index contributed by atoms with van der Waals surface area (Å²) in [6.07, 6.45) is 4.95. The van der Waals surface area contributed by atoms with Crippen LogP contribution in [0.5, 0.6) is 0 Å². The SMILES string of the molecule is Cc1ccc(C)c(C(=O)COC(=O)c2cccc(N3C(=O)[C@H]4CC=CC[C@H]4C3=O)c2)c1. The van der Waals surface area contributed by atoms with E-state index in [1.54, 1.807) is 18.2 Å². The topological polar surface area (TPSA) is 80.8 Å². The lowest BCUT2D eigenvalue weighted by molar-refractivity contribution is -0.122. The number of allylic oxidation sites excluding steroid dienone is 2. The van der Waals surface area contributed by atoms with Gasteiger partial charge in [0.2, 0.25) is 17.6 Å². The molecule has 0 radical (unpaired) electrons. The molecule has 6 heteroatoms. The first kappa shape index (κ1) is 20.7. The average Bonchev–Trinajstić information content (AvgIpc) is 3.04. The van der Waals surface area contributed by atoms with E-state index in [4.69, 9.17) is 4.74 Å². The van der Waals surface area contributed by atoms with Gasteiger partial charge in [-0.3, -0.25) is 19.3 Å². The summed E-state index contributed by atoms with van der Waals surface area (Å²) in [5.74, 6) is -2.14. The van der Waals surface area contributed by atoms with Gasteiger partial charge in [-0.2, -0.15) is 0 Å². The number of esters is 1. The summed E-state index contributed by atoms with van der Waals surface area (Å²) < 4.78 is 5.22. The number of nitrogens with zero attached hydrogens (tertiary/aromatic N) is 1. The molecule has 1 aliphatic heterocycles. The summed E-state index contributed by atoms with van der Waals surface area (Å²) in [7, 11) is 0. The number of ketones is 1. The average molecular weight is 417 g/mol. The quantitative estimate of drug-likeness (QED) is 0.320. The number of hydrogen-bond acceptors (Lipinski definition) is 5. The molecule has 4 rings (SSSR count). The molecule has 6 nitrogen and oxygen atoms in total. The highest BCUT2D eigenvalue weighted by Gasteiger charge is 2.47. The monoisotopic (exact) mass is 417 g/mol. The molecule has 158 valence electrons. The first-order valence-corrected chi connectivity index (χ1v) is 10.3. The highest BCUT2D eigenvalue weighted by atomic mass is 16.5. The fraction of sp³-hybridized carbons (Fsp3) is 0.280. The number of rotatable bonds is 5. The molecular weight excluding hydrogens is 394 g/mol. The van der Waals surface area contributed by atoms with Crippen LogP contribution in [0.25, 0.3) is 0 Å². The molecule has 0 saturated carbocycles. The molecule has 0 spiro atoms. The minimum absolute atomic E-state index is 0.180. The standard InChI is InChI=1S/C25H23NO5/c1-15-10-11-16(2)21(12-15)22(27)14-31-25(30)17-6-5-7-18(13-17)26-23(28)19-8-3-4-9-20(19)24(26)29/h3-7,10-13,19-20H,8-9,14H2,1-2H3/t19-,20+. The maximum absolute atomic E-state index is 12.8. The lowest BCUT2D eigenvalue weighted by Crippen LogP contribution is -2.31. The number of imide groups is 1. The van der Waals surface area contributed by atoms with E-state index in [0.29, 0.717) is 24.1 Å². The molecule has 0 N–H and O–H groups in total. The van der Waals surface area contributed by atoms with Crippen molar-refractivity contribution in [2.75, 3.05) is 11.5 Å². The number of carbonyl (C=O) groups excluding carboxylic acids is 4. The van der Waals surface area contributed by atoms with Gasteiger partial charge in [0.1, 0.15) is 0 Å². The predicted molar refractivity (Wildman–Crippen MR) is 115 cm³/mol. The molecule has 2 atom stereocenters. The van der Waals surface area contributed by atoms with Gasteiger partial charge in [-0.1, -0.05) is 35.9 Å². The van der Waals surface area contributed by atoms with Gasteiger partial charge in [0.15, 0.2) is 6.61 Å². The van der Waals surface area contributed by atoms with Crippen molar-refractivity contribution in [3.05, 3.63) is 76.9 Å². The third-order valence-electron chi connectivity index (χ3n) is 5.88. The van der Waals surface area contributed by atoms with Crippen molar-refractivity contribution in [2.24, 2.45) is 11.8 Å². The number of hydrogen-bond donors (Lipinski definition) is 0. The van der Waals surface area contributed by atoms with Gasteiger partial charge in [-0.15, -0.1) is 0 Å². The molecule has 0 bridgehead atoms. The normalized spacial score (nSPS) is 20.0. The van der Waals surface area contributed by atoms with Crippen molar-refractivity contribution in [1.29, 1.82) is 0 Å². The summed E-state index contributed by atoms with van der Waals surface area (Å²) in [5.41, 5.74) is 2.81. The maximum Gasteiger partial charge on any atom is 0.338 e. The van der Waals surface area contributed by atoms with Crippen LogP contribution < -0.4 is 4.90 Å². The van der Waals surface area contributed by atoms with Crippen molar-refractivity contribution in [3.63, 3.8) is 0 Å². The van der Waals surface area contributed by atoms with E-state index in [-0.39, 0.29) is 41.6 Å². The van der Waals surface area contributed by atoms with Crippen LogP contribution >= 0.6 is 0 Å². The molecule has 2 aromatic rings. The van der Waals surface area contributed by atoms with Crippen molar-refractivity contribution < 1.29 is 23.9 Å². The molecule has 1 fully saturated rings. The van der Waals surface area contributed by atoms with Gasteiger partial charge >= 0.3 is 5.97 Å². The van der Waals surface area contributed by atoms with Gasteiger partial charge in [0.25, 0.3) is 0 Å². The maximum atomic E-state index is 12.8. The highest BCUT2D eigenvalue weighted by Crippen LogP contribution is 2.37. The number of carbonyl (C=O) groups is 4. The number of aryl methyl sites for hydroxylation is 2. The summed E-state index contributed by atoms with van der Waals surface area (Å²) in [6, 6.07) is 11.8. The molecule has 2 aliphatic rings. The minimum Gasteiger partial charge on any atom is -0.454 e. The van der Waals surface area contributed by atoms with E-state index < -0.39 is 5.97 Å². The zero-order valence-corrected chi connectivity index (χ0v) is 17.5. The first-order chi connectivity index (χ1) is 14.9. The fourth-order valence-corrected chi connectivity index (χ4v) is 4.16. The minimum atomic E-state index is -0.682. The van der Waals surface area contributed by atoms with E-state index in [9.17, 15) is 19.2 Å². The zero-order valence-electron chi connectivity index (χ0n) is 17.5. The van der Waals surface area contributed by atoms with Crippen molar-refractivity contribution in [1.82, 2.24) is 0 Å². The summed E-state index contributed by atoms with van der Waals surface area (Å²) in [4.78, 5) is 51.7. The number of anilines is 1. The Morgan fingerprint density at radius 3 is 2.32 bits per heavy atom. The van der Waals surface area contributed by atoms with Crippen molar-refractivity contribution in [3.8, 4) is 0 Å².